The Hall–Kier alpha value is -1.14. The molecule has 0 heterocycles. The number of nitrogens with two attached hydrogens (primary N) is 1. The molecule has 0 aliphatic carbocycles. The highest BCUT2D eigenvalue weighted by atomic mass is 32.2. The lowest BCUT2D eigenvalue weighted by molar-refractivity contribution is 0.378. The summed E-state index contributed by atoms with van der Waals surface area (Å²) in [4.78, 5) is -0.338. The molecule has 96 valence electrons. The van der Waals surface area contributed by atoms with Gasteiger partial charge in [0.05, 0.1) is 0 Å². The van der Waals surface area contributed by atoms with Crippen molar-refractivity contribution in [3.05, 3.63) is 24.0 Å². The summed E-state index contributed by atoms with van der Waals surface area (Å²) in [6.07, 6.45) is 0.659. The first-order valence-electron chi connectivity index (χ1n) is 5.33. The van der Waals surface area contributed by atoms with Gasteiger partial charge in [-0.3, -0.25) is 0 Å². The van der Waals surface area contributed by atoms with Gasteiger partial charge >= 0.3 is 0 Å². The zero-order valence-corrected chi connectivity index (χ0v) is 11.0. The highest BCUT2D eigenvalue weighted by molar-refractivity contribution is 7.89. The van der Waals surface area contributed by atoms with Crippen LogP contribution in [0.2, 0.25) is 0 Å². The van der Waals surface area contributed by atoms with Crippen LogP contribution in [0, 0.1) is 5.82 Å². The zero-order chi connectivity index (χ0) is 13.2. The minimum Gasteiger partial charge on any atom is -0.399 e. The minimum atomic E-state index is -3.79. The number of nitrogens with zero attached hydrogens (tertiary/aromatic N) is 1. The first kappa shape index (κ1) is 13.9. The van der Waals surface area contributed by atoms with Crippen molar-refractivity contribution in [3.8, 4) is 0 Å². The first-order chi connectivity index (χ1) is 7.80. The van der Waals surface area contributed by atoms with Gasteiger partial charge in [0.15, 0.2) is 0 Å². The van der Waals surface area contributed by atoms with Crippen molar-refractivity contribution >= 4 is 15.7 Å². The second-order valence-electron chi connectivity index (χ2n) is 3.97. The van der Waals surface area contributed by atoms with E-state index in [0.717, 1.165) is 6.07 Å². The summed E-state index contributed by atoms with van der Waals surface area (Å²) in [5.41, 5.74) is 5.59. The van der Waals surface area contributed by atoms with Crippen molar-refractivity contribution in [2.24, 2.45) is 0 Å². The Morgan fingerprint density at radius 2 is 2.06 bits per heavy atom. The molecule has 0 fully saturated rings. The molecule has 1 unspecified atom stereocenters. The molecule has 6 heteroatoms. The monoisotopic (exact) mass is 260 g/mol. The number of hydrogen-bond acceptors (Lipinski definition) is 3. The molecule has 0 saturated carbocycles. The fraction of sp³-hybridized carbons (Fsp3) is 0.455. The Morgan fingerprint density at radius 3 is 2.53 bits per heavy atom. The van der Waals surface area contributed by atoms with Crippen molar-refractivity contribution in [3.63, 3.8) is 0 Å². The van der Waals surface area contributed by atoms with Crippen molar-refractivity contribution in [1.29, 1.82) is 0 Å². The van der Waals surface area contributed by atoms with Gasteiger partial charge in [0.25, 0.3) is 0 Å². The summed E-state index contributed by atoms with van der Waals surface area (Å²) < 4.78 is 39.0. The van der Waals surface area contributed by atoms with Crippen LogP contribution < -0.4 is 5.73 Å². The molecule has 0 bridgehead atoms. The Kier molecular flexibility index (Phi) is 4.11. The molecule has 1 rings (SSSR count). The number of nitrogen functional groups attached to an aromatic ring is 1. The molecule has 0 aliphatic rings. The summed E-state index contributed by atoms with van der Waals surface area (Å²) in [6.45, 7) is 3.64. The molecule has 17 heavy (non-hydrogen) atoms. The van der Waals surface area contributed by atoms with Gasteiger partial charge in [-0.1, -0.05) is 6.92 Å². The van der Waals surface area contributed by atoms with Crippen LogP contribution in [-0.4, -0.2) is 25.8 Å². The van der Waals surface area contributed by atoms with Crippen LogP contribution >= 0.6 is 0 Å². The van der Waals surface area contributed by atoms with E-state index in [1.165, 1.54) is 23.5 Å². The Morgan fingerprint density at radius 1 is 1.47 bits per heavy atom. The molecular weight excluding hydrogens is 243 g/mol. The molecule has 2 N–H and O–H groups in total. The lowest BCUT2D eigenvalue weighted by Gasteiger charge is -2.23. The molecule has 4 nitrogen and oxygen atoms in total. The highest BCUT2D eigenvalue weighted by Gasteiger charge is 2.27. The van der Waals surface area contributed by atoms with Crippen LogP contribution in [0.25, 0.3) is 0 Å². The predicted octanol–water partition coefficient (Wildman–Crippen LogP) is 1.83. The van der Waals surface area contributed by atoms with Crippen molar-refractivity contribution < 1.29 is 12.8 Å². The molecule has 0 aromatic heterocycles. The fourth-order valence-electron chi connectivity index (χ4n) is 1.38. The van der Waals surface area contributed by atoms with Crippen LogP contribution in [-0.2, 0) is 10.0 Å². The second kappa shape index (κ2) is 5.01. The molecule has 0 aliphatic heterocycles. The van der Waals surface area contributed by atoms with Crippen LogP contribution in [0.3, 0.4) is 0 Å². The van der Waals surface area contributed by atoms with Crippen LogP contribution in [0.15, 0.2) is 23.1 Å². The number of halogens is 1. The molecular formula is C11H17FN2O2S. The van der Waals surface area contributed by atoms with Gasteiger partial charge in [0, 0.05) is 18.8 Å². The number of rotatable bonds is 4. The smallest absolute Gasteiger partial charge is 0.245 e. The van der Waals surface area contributed by atoms with Crippen molar-refractivity contribution in [2.75, 3.05) is 12.8 Å². The number of hydrogen-bond donors (Lipinski definition) is 1. The van der Waals surface area contributed by atoms with Gasteiger partial charge in [-0.2, -0.15) is 4.31 Å². The average molecular weight is 260 g/mol. The highest BCUT2D eigenvalue weighted by Crippen LogP contribution is 2.22. The van der Waals surface area contributed by atoms with E-state index in [0.29, 0.717) is 6.42 Å². The van der Waals surface area contributed by atoms with Gasteiger partial charge in [-0.15, -0.1) is 0 Å². The number of anilines is 1. The van der Waals surface area contributed by atoms with Crippen molar-refractivity contribution in [2.45, 2.75) is 31.2 Å². The van der Waals surface area contributed by atoms with E-state index in [-0.39, 0.29) is 16.6 Å². The Balaban J connectivity index is 3.22. The first-order valence-corrected chi connectivity index (χ1v) is 6.77. The molecule has 1 atom stereocenters. The van der Waals surface area contributed by atoms with Gasteiger partial charge in [0.1, 0.15) is 10.7 Å². The fourth-order valence-corrected chi connectivity index (χ4v) is 2.85. The van der Waals surface area contributed by atoms with E-state index >= 15 is 0 Å². The quantitative estimate of drug-likeness (QED) is 0.840. The summed E-state index contributed by atoms with van der Waals surface area (Å²) in [5, 5.41) is 0. The summed E-state index contributed by atoms with van der Waals surface area (Å²) in [7, 11) is -2.35. The molecule has 1 aromatic carbocycles. The minimum absolute atomic E-state index is 0.183. The molecule has 0 amide bonds. The molecule has 0 saturated heterocycles. The third kappa shape index (κ3) is 2.76. The Bertz CT molecular complexity index is 502. The topological polar surface area (TPSA) is 63.4 Å². The average Bonchev–Trinajstić information content (AvgIpc) is 2.26. The van der Waals surface area contributed by atoms with Crippen LogP contribution in [0.5, 0.6) is 0 Å². The van der Waals surface area contributed by atoms with Gasteiger partial charge in [-0.25, -0.2) is 12.8 Å². The third-order valence-electron chi connectivity index (χ3n) is 2.82. The lowest BCUT2D eigenvalue weighted by Crippen LogP contribution is -2.35. The van der Waals surface area contributed by atoms with Crippen LogP contribution in [0.1, 0.15) is 20.3 Å². The largest absolute Gasteiger partial charge is 0.399 e. The van der Waals surface area contributed by atoms with E-state index in [1.807, 2.05) is 6.92 Å². The SMILES string of the molecule is CCC(C)N(C)S(=O)(=O)c1ccc(N)cc1F. The summed E-state index contributed by atoms with van der Waals surface area (Å²) >= 11 is 0. The third-order valence-corrected chi connectivity index (χ3v) is 4.83. The van der Waals surface area contributed by atoms with E-state index in [2.05, 4.69) is 0 Å². The van der Waals surface area contributed by atoms with E-state index in [9.17, 15) is 12.8 Å². The van der Waals surface area contributed by atoms with Gasteiger partial charge < -0.3 is 5.73 Å². The van der Waals surface area contributed by atoms with Crippen molar-refractivity contribution in [1.82, 2.24) is 4.31 Å². The van der Waals surface area contributed by atoms with E-state index in [4.69, 9.17) is 5.73 Å². The van der Waals surface area contributed by atoms with E-state index < -0.39 is 15.8 Å². The summed E-state index contributed by atoms with van der Waals surface area (Å²) in [6, 6.07) is 3.40. The number of sulfonamides is 1. The standard InChI is InChI=1S/C11H17FN2O2S/c1-4-8(2)14(3)17(15,16)11-6-5-9(13)7-10(11)12/h5-8H,4,13H2,1-3H3. The predicted molar refractivity (Wildman–Crippen MR) is 65.5 cm³/mol. The maximum Gasteiger partial charge on any atom is 0.245 e. The second-order valence-corrected chi connectivity index (χ2v) is 5.93. The van der Waals surface area contributed by atoms with Gasteiger partial charge in [0.2, 0.25) is 10.0 Å². The lowest BCUT2D eigenvalue weighted by atomic mass is 10.3. The zero-order valence-electron chi connectivity index (χ0n) is 10.1. The maximum absolute atomic E-state index is 13.6. The van der Waals surface area contributed by atoms with E-state index in [1.54, 1.807) is 6.92 Å². The number of benzene rings is 1. The Labute approximate surface area is 101 Å². The normalized spacial score (nSPS) is 13.9. The van der Waals surface area contributed by atoms with Crippen LogP contribution in [0.4, 0.5) is 10.1 Å². The van der Waals surface area contributed by atoms with Gasteiger partial charge in [-0.05, 0) is 31.5 Å². The molecule has 1 aromatic rings. The maximum atomic E-state index is 13.6. The molecule has 0 radical (unpaired) electrons. The summed E-state index contributed by atoms with van der Waals surface area (Å²) in [5.74, 6) is -0.819. The molecule has 0 spiro atoms.